The molecule has 0 spiro atoms. The van der Waals surface area contributed by atoms with Gasteiger partial charge < -0.3 is 34.0 Å². The molecule has 4 heterocycles. The molecule has 2 atom stereocenters. The zero-order chi connectivity index (χ0) is 44.2. The lowest BCUT2D eigenvalue weighted by Gasteiger charge is -2.45. The highest BCUT2D eigenvalue weighted by Crippen LogP contribution is 2.44. The van der Waals surface area contributed by atoms with E-state index in [9.17, 15) is 19.5 Å². The van der Waals surface area contributed by atoms with E-state index in [-0.39, 0.29) is 45.6 Å². The van der Waals surface area contributed by atoms with Crippen molar-refractivity contribution in [2.24, 2.45) is 5.92 Å². The Bertz CT molecular complexity index is 2290. The van der Waals surface area contributed by atoms with Crippen molar-refractivity contribution >= 4 is 42.8 Å². The van der Waals surface area contributed by atoms with Crippen LogP contribution in [0.5, 0.6) is 11.5 Å². The molecule has 1 aliphatic carbocycles. The van der Waals surface area contributed by atoms with Gasteiger partial charge in [0.25, 0.3) is 0 Å². The molecule has 2 bridgehead atoms. The highest BCUT2D eigenvalue weighted by molar-refractivity contribution is 6.74. The fourth-order valence-corrected chi connectivity index (χ4v) is 10.8. The predicted molar refractivity (Wildman–Crippen MR) is 246 cm³/mol. The van der Waals surface area contributed by atoms with Crippen LogP contribution in [0.3, 0.4) is 0 Å². The first-order valence-electron chi connectivity index (χ1n) is 22.4. The summed E-state index contributed by atoms with van der Waals surface area (Å²) >= 11 is 6.74. The number of hydrogen-bond donors (Lipinski definition) is 3. The van der Waals surface area contributed by atoms with Crippen molar-refractivity contribution in [2.75, 3.05) is 39.9 Å². The highest BCUT2D eigenvalue weighted by atomic mass is 35.5. The number of piperidine rings is 3. The second-order valence-corrected chi connectivity index (χ2v) is 24.3. The van der Waals surface area contributed by atoms with E-state index in [4.69, 9.17) is 30.2 Å². The molecule has 3 aromatic carbocycles. The lowest BCUT2D eigenvalue weighted by Crippen LogP contribution is -2.53. The van der Waals surface area contributed by atoms with Gasteiger partial charge in [-0.3, -0.25) is 14.5 Å². The first-order valence-corrected chi connectivity index (χ1v) is 25.7. The normalized spacial score (nSPS) is 20.5. The first kappa shape index (κ1) is 45.8. The van der Waals surface area contributed by atoms with E-state index >= 15 is 0 Å². The average Bonchev–Trinajstić information content (AvgIpc) is 3.25. The van der Waals surface area contributed by atoms with E-state index in [1.807, 2.05) is 12.1 Å². The molecule has 334 valence electrons. The van der Waals surface area contributed by atoms with Crippen LogP contribution in [0.2, 0.25) is 23.2 Å². The van der Waals surface area contributed by atoms with Gasteiger partial charge in [-0.25, -0.2) is 4.79 Å². The molecule has 1 saturated carbocycles. The molecular formula is C49H64ClN3O8Si. The Morgan fingerprint density at radius 1 is 1.03 bits per heavy atom. The number of phenols is 1. The number of benzene rings is 3. The maximum atomic E-state index is 14.1. The molecule has 3 N–H and O–H groups in total. The van der Waals surface area contributed by atoms with E-state index < -0.39 is 25.8 Å². The summed E-state index contributed by atoms with van der Waals surface area (Å²) in [4.78, 5) is 44.8. The van der Waals surface area contributed by atoms with E-state index in [2.05, 4.69) is 67.3 Å². The number of pyridine rings is 1. The summed E-state index contributed by atoms with van der Waals surface area (Å²) in [5, 5.41) is 15.0. The van der Waals surface area contributed by atoms with Gasteiger partial charge >= 0.3 is 11.9 Å². The van der Waals surface area contributed by atoms with E-state index in [1.165, 1.54) is 6.07 Å². The van der Waals surface area contributed by atoms with E-state index in [0.29, 0.717) is 48.5 Å². The monoisotopic (exact) mass is 885 g/mol. The number of fused-ring (bicyclic) bond motifs is 4. The third-order valence-corrected chi connectivity index (χ3v) is 18.8. The van der Waals surface area contributed by atoms with Gasteiger partial charge in [0.2, 0.25) is 5.56 Å². The number of halogens is 1. The fourth-order valence-electron chi connectivity index (χ4n) is 9.31. The molecule has 3 aliphatic heterocycles. The number of nitrogens with one attached hydrogen (secondary N) is 2. The van der Waals surface area contributed by atoms with Crippen molar-refractivity contribution in [2.45, 2.75) is 121 Å². The largest absolute Gasteiger partial charge is 0.506 e. The van der Waals surface area contributed by atoms with Gasteiger partial charge in [0, 0.05) is 36.7 Å². The van der Waals surface area contributed by atoms with Gasteiger partial charge in [-0.1, -0.05) is 82.0 Å². The number of carbonyl (C=O) groups excluding carboxylic acids is 2. The number of H-pyrrole nitrogens is 1. The second kappa shape index (κ2) is 19.3. The summed E-state index contributed by atoms with van der Waals surface area (Å²) in [5.41, 5.74) is 3.40. The van der Waals surface area contributed by atoms with Crippen molar-refractivity contribution < 1.29 is 33.3 Å². The standard InChI is InChI=1S/C49H64ClN3O8Si/c1-48(2,3)62(5,6)61-42(36-15-17-40(54)45-37(36)16-18-44(55)52-45)30-51-29-34-27-39(50)38(28-41(34)58-4)46(56)59-25-11-13-32-12-10-14-35(26-32)49(21-8-7-9-22-49)47(57)60-43-31-53-23-19-33(43)20-24-53/h10,12,14-18,26-28,33,42-43,51,54H,7-9,11,13,19-25,29-31H2,1-6H3,(H,52,55)/t42-,43+/m1/s1. The van der Waals surface area contributed by atoms with Crippen LogP contribution in [0.1, 0.15) is 111 Å². The molecular weight excluding hydrogens is 822 g/mol. The van der Waals surface area contributed by atoms with Crippen LogP contribution in [0.25, 0.3) is 10.9 Å². The number of aryl methyl sites for hydroxylation is 1. The van der Waals surface area contributed by atoms with Crippen LogP contribution in [0.15, 0.2) is 65.5 Å². The molecule has 3 saturated heterocycles. The number of esters is 2. The molecule has 8 rings (SSSR count). The Hall–Kier alpha value is -4.20. The summed E-state index contributed by atoms with van der Waals surface area (Å²) in [6, 6.07) is 18.3. The van der Waals surface area contributed by atoms with Gasteiger partial charge in [0.15, 0.2) is 8.32 Å². The molecule has 4 fully saturated rings. The molecule has 11 nitrogen and oxygen atoms in total. The molecule has 13 heteroatoms. The van der Waals surface area contributed by atoms with Crippen molar-refractivity contribution in [3.8, 4) is 11.5 Å². The number of rotatable bonds is 16. The molecule has 0 amide bonds. The number of carbonyl (C=O) groups is 2. The van der Waals surface area contributed by atoms with Crippen molar-refractivity contribution in [1.82, 2.24) is 15.2 Å². The number of nitrogens with zero attached hydrogens (tertiary/aromatic N) is 1. The lowest BCUT2D eigenvalue weighted by molar-refractivity contribution is -0.167. The number of aromatic hydroxyl groups is 1. The Labute approximate surface area is 371 Å². The van der Waals surface area contributed by atoms with Crippen LogP contribution in [0.4, 0.5) is 0 Å². The Morgan fingerprint density at radius 2 is 1.79 bits per heavy atom. The number of ether oxygens (including phenoxy) is 3. The number of aromatic amines is 1. The zero-order valence-electron chi connectivity index (χ0n) is 37.2. The molecule has 1 aromatic heterocycles. The second-order valence-electron chi connectivity index (χ2n) is 19.1. The summed E-state index contributed by atoms with van der Waals surface area (Å²) in [6.45, 7) is 15.0. The minimum Gasteiger partial charge on any atom is -0.506 e. The van der Waals surface area contributed by atoms with E-state index in [1.54, 1.807) is 31.4 Å². The number of hydrogen-bond acceptors (Lipinski definition) is 10. The average molecular weight is 887 g/mol. The quantitative estimate of drug-likeness (QED) is 0.0567. The summed E-state index contributed by atoms with van der Waals surface area (Å²) in [6.07, 6.45) is 7.85. The van der Waals surface area contributed by atoms with Gasteiger partial charge in [0.05, 0.1) is 41.3 Å². The van der Waals surface area contributed by atoms with Gasteiger partial charge in [-0.05, 0) is 117 Å². The molecule has 62 heavy (non-hydrogen) atoms. The topological polar surface area (TPSA) is 139 Å². The van der Waals surface area contributed by atoms with Crippen molar-refractivity contribution in [3.63, 3.8) is 0 Å². The Balaban J connectivity index is 0.973. The van der Waals surface area contributed by atoms with Crippen LogP contribution >= 0.6 is 11.6 Å². The summed E-state index contributed by atoms with van der Waals surface area (Å²) in [7, 11) is -0.735. The minimum absolute atomic E-state index is 0.00863. The van der Waals surface area contributed by atoms with Crippen LogP contribution in [-0.2, 0) is 37.1 Å². The number of methoxy groups -OCH3 is 1. The summed E-state index contributed by atoms with van der Waals surface area (Å²) in [5.74, 6) is 0.364. The van der Waals surface area contributed by atoms with Crippen LogP contribution in [0, 0.1) is 5.92 Å². The van der Waals surface area contributed by atoms with Crippen LogP contribution in [-0.4, -0.2) is 81.2 Å². The molecule has 4 aliphatic rings. The van der Waals surface area contributed by atoms with Crippen molar-refractivity contribution in [3.05, 3.63) is 104 Å². The third kappa shape index (κ3) is 10.1. The van der Waals surface area contributed by atoms with Gasteiger partial charge in [-0.2, -0.15) is 0 Å². The molecule has 0 unspecified atom stereocenters. The van der Waals surface area contributed by atoms with Crippen LogP contribution < -0.4 is 15.6 Å². The SMILES string of the molecule is COc1cc(C(=O)OCCCc2cccc(C3(C(=O)O[C@H]4CN5CCC4CC5)CCCCC3)c2)c(Cl)cc1CNC[C@@H](O[Si](C)(C)C(C)(C)C)c1ccc(O)c2[nH]c(=O)ccc12. The first-order chi connectivity index (χ1) is 29.6. The molecule has 0 radical (unpaired) electrons. The molecule has 4 aromatic rings. The maximum Gasteiger partial charge on any atom is 0.339 e. The summed E-state index contributed by atoms with van der Waals surface area (Å²) < 4.78 is 24.8. The number of aromatic nitrogens is 1. The third-order valence-electron chi connectivity index (χ3n) is 14.0. The Morgan fingerprint density at radius 3 is 2.48 bits per heavy atom. The Kier molecular flexibility index (Phi) is 14.2. The predicted octanol–water partition coefficient (Wildman–Crippen LogP) is 9.38. The lowest BCUT2D eigenvalue weighted by atomic mass is 9.69. The zero-order valence-corrected chi connectivity index (χ0v) is 39.0. The van der Waals surface area contributed by atoms with Gasteiger partial charge in [-0.15, -0.1) is 0 Å². The van der Waals surface area contributed by atoms with E-state index in [0.717, 1.165) is 86.8 Å². The maximum absolute atomic E-state index is 14.1. The fraction of sp³-hybridized carbons (Fsp3) is 0.531. The van der Waals surface area contributed by atoms with Gasteiger partial charge in [0.1, 0.15) is 17.6 Å². The smallest absolute Gasteiger partial charge is 0.339 e. The minimum atomic E-state index is -2.29. The van der Waals surface area contributed by atoms with Crippen molar-refractivity contribution in [1.29, 1.82) is 0 Å². The highest BCUT2D eigenvalue weighted by Gasteiger charge is 2.46. The number of phenolic OH excluding ortho intramolecular Hbond substituents is 1.